The molecule has 24 heavy (non-hydrogen) atoms. The lowest BCUT2D eigenvalue weighted by atomic mass is 10.1. The Balaban J connectivity index is 0.00000208. The molecule has 0 radical (unpaired) electrons. The summed E-state index contributed by atoms with van der Waals surface area (Å²) in [6.45, 7) is 1.77. The molecule has 1 aliphatic heterocycles. The van der Waals surface area contributed by atoms with Gasteiger partial charge in [0.05, 0.1) is 18.7 Å². The van der Waals surface area contributed by atoms with Crippen molar-refractivity contribution in [3.63, 3.8) is 0 Å². The maximum absolute atomic E-state index is 12.4. The molecule has 1 aliphatic rings. The second kappa shape index (κ2) is 8.82. The Morgan fingerprint density at radius 2 is 2.17 bits per heavy atom. The Labute approximate surface area is 147 Å². The number of piperidine rings is 1. The van der Waals surface area contributed by atoms with Crippen molar-refractivity contribution in [1.29, 1.82) is 0 Å². The number of carbonyl (C=O) groups excluding carboxylic acids is 1. The van der Waals surface area contributed by atoms with Crippen molar-refractivity contribution >= 4 is 18.3 Å². The monoisotopic (exact) mass is 350 g/mol. The third kappa shape index (κ3) is 4.35. The number of hydrogen-bond acceptors (Lipinski definition) is 4. The molecule has 2 atom stereocenters. The maximum Gasteiger partial charge on any atom is 0.272 e. The predicted octanol–water partition coefficient (Wildman–Crippen LogP) is 1.69. The van der Waals surface area contributed by atoms with Gasteiger partial charge in [0.2, 0.25) is 0 Å². The number of halogens is 1. The first-order valence-electron chi connectivity index (χ1n) is 8.00. The number of amides is 1. The minimum Gasteiger partial charge on any atom is -0.394 e. The molecular formula is C17H23ClN4O2. The van der Waals surface area contributed by atoms with E-state index in [1.165, 1.54) is 0 Å². The average molecular weight is 351 g/mol. The molecule has 0 saturated carbocycles. The van der Waals surface area contributed by atoms with E-state index in [2.05, 4.69) is 15.7 Å². The molecule has 1 unspecified atom stereocenters. The van der Waals surface area contributed by atoms with Gasteiger partial charge in [0.25, 0.3) is 5.91 Å². The lowest BCUT2D eigenvalue weighted by Gasteiger charge is -2.23. The molecule has 1 saturated heterocycles. The summed E-state index contributed by atoms with van der Waals surface area (Å²) >= 11 is 0. The van der Waals surface area contributed by atoms with Gasteiger partial charge in [-0.15, -0.1) is 12.4 Å². The number of aromatic nitrogens is 2. The molecule has 0 bridgehead atoms. The third-order valence-electron chi connectivity index (χ3n) is 4.18. The Morgan fingerprint density at radius 1 is 1.38 bits per heavy atom. The lowest BCUT2D eigenvalue weighted by Crippen LogP contribution is -2.33. The van der Waals surface area contributed by atoms with E-state index in [9.17, 15) is 9.90 Å². The van der Waals surface area contributed by atoms with Crippen LogP contribution < -0.4 is 10.6 Å². The van der Waals surface area contributed by atoms with E-state index in [1.54, 1.807) is 6.07 Å². The average Bonchev–Trinajstić information content (AvgIpc) is 3.11. The van der Waals surface area contributed by atoms with E-state index in [0.717, 1.165) is 31.5 Å². The topological polar surface area (TPSA) is 79.2 Å². The van der Waals surface area contributed by atoms with E-state index in [1.807, 2.05) is 41.2 Å². The van der Waals surface area contributed by atoms with Crippen molar-refractivity contribution < 1.29 is 9.90 Å². The molecule has 0 aliphatic carbocycles. The summed E-state index contributed by atoms with van der Waals surface area (Å²) < 4.78 is 1.86. The van der Waals surface area contributed by atoms with Crippen molar-refractivity contribution in [3.8, 4) is 0 Å². The lowest BCUT2D eigenvalue weighted by molar-refractivity contribution is 0.0909. The first-order chi connectivity index (χ1) is 11.3. The second-order valence-corrected chi connectivity index (χ2v) is 5.80. The molecule has 1 amide bonds. The first kappa shape index (κ1) is 18.4. The van der Waals surface area contributed by atoms with Crippen LogP contribution in [0.3, 0.4) is 0 Å². The number of aliphatic hydroxyl groups is 1. The summed E-state index contributed by atoms with van der Waals surface area (Å²) in [4.78, 5) is 12.4. The molecule has 6 nitrogen and oxygen atoms in total. The number of carbonyl (C=O) groups is 1. The SMILES string of the molecule is Cl.O=C(N[C@H](CO)c1ccccc1)c1ccn(C2CCCNC2)n1. The number of hydrogen-bond donors (Lipinski definition) is 3. The number of rotatable bonds is 5. The van der Waals surface area contributed by atoms with Crippen molar-refractivity contribution in [2.45, 2.75) is 24.9 Å². The fraction of sp³-hybridized carbons (Fsp3) is 0.412. The smallest absolute Gasteiger partial charge is 0.272 e. The van der Waals surface area contributed by atoms with Crippen LogP contribution in [0.4, 0.5) is 0 Å². The van der Waals surface area contributed by atoms with Crippen LogP contribution in [0.15, 0.2) is 42.6 Å². The van der Waals surface area contributed by atoms with Crippen LogP contribution in [0.5, 0.6) is 0 Å². The third-order valence-corrected chi connectivity index (χ3v) is 4.18. The highest BCUT2D eigenvalue weighted by molar-refractivity contribution is 5.92. The largest absolute Gasteiger partial charge is 0.394 e. The molecule has 130 valence electrons. The highest BCUT2D eigenvalue weighted by Gasteiger charge is 2.19. The van der Waals surface area contributed by atoms with E-state index in [4.69, 9.17) is 0 Å². The number of nitrogens with one attached hydrogen (secondary N) is 2. The quantitative estimate of drug-likeness (QED) is 0.766. The van der Waals surface area contributed by atoms with Gasteiger partial charge in [0.15, 0.2) is 0 Å². The van der Waals surface area contributed by atoms with E-state index < -0.39 is 6.04 Å². The van der Waals surface area contributed by atoms with Gasteiger partial charge < -0.3 is 15.7 Å². The zero-order valence-corrected chi connectivity index (χ0v) is 14.2. The van der Waals surface area contributed by atoms with Crippen LogP contribution in [0.25, 0.3) is 0 Å². The number of nitrogens with zero attached hydrogens (tertiary/aromatic N) is 2. The van der Waals surface area contributed by atoms with Crippen molar-refractivity contribution in [1.82, 2.24) is 20.4 Å². The van der Waals surface area contributed by atoms with Gasteiger partial charge >= 0.3 is 0 Å². The minimum absolute atomic E-state index is 0. The van der Waals surface area contributed by atoms with Gasteiger partial charge in [0.1, 0.15) is 5.69 Å². The fourth-order valence-electron chi connectivity index (χ4n) is 2.87. The summed E-state index contributed by atoms with van der Waals surface area (Å²) in [6, 6.07) is 11.0. The maximum atomic E-state index is 12.4. The summed E-state index contributed by atoms with van der Waals surface area (Å²) in [5.74, 6) is -0.268. The Morgan fingerprint density at radius 3 is 2.83 bits per heavy atom. The second-order valence-electron chi connectivity index (χ2n) is 5.80. The number of benzene rings is 1. The molecule has 1 aromatic carbocycles. The molecule has 2 aromatic rings. The molecule has 7 heteroatoms. The van der Waals surface area contributed by atoms with Crippen LogP contribution >= 0.6 is 12.4 Å². The summed E-state index contributed by atoms with van der Waals surface area (Å²) in [6.07, 6.45) is 4.04. The van der Waals surface area contributed by atoms with Gasteiger partial charge in [-0.05, 0) is 31.0 Å². The van der Waals surface area contributed by atoms with E-state index in [-0.39, 0.29) is 24.9 Å². The molecule has 1 fully saturated rings. The normalized spacial score (nSPS) is 18.5. The van der Waals surface area contributed by atoms with E-state index >= 15 is 0 Å². The zero-order valence-electron chi connectivity index (χ0n) is 13.4. The predicted molar refractivity (Wildman–Crippen MR) is 94.4 cm³/mol. The number of aliphatic hydroxyl groups excluding tert-OH is 1. The van der Waals surface area contributed by atoms with Crippen molar-refractivity contribution in [2.75, 3.05) is 19.7 Å². The summed E-state index contributed by atoms with van der Waals surface area (Å²) in [7, 11) is 0. The Kier molecular flexibility index (Phi) is 6.78. The first-order valence-corrected chi connectivity index (χ1v) is 8.00. The molecule has 3 rings (SSSR count). The van der Waals surface area contributed by atoms with Crippen LogP contribution in [0.1, 0.15) is 41.0 Å². The Hall–Kier alpha value is -1.89. The van der Waals surface area contributed by atoms with Gasteiger partial charge in [0, 0.05) is 12.7 Å². The molecule has 3 N–H and O–H groups in total. The van der Waals surface area contributed by atoms with Crippen LogP contribution in [0.2, 0.25) is 0 Å². The minimum atomic E-state index is -0.426. The highest BCUT2D eigenvalue weighted by Crippen LogP contribution is 2.16. The van der Waals surface area contributed by atoms with Gasteiger partial charge in [-0.25, -0.2) is 0 Å². The van der Waals surface area contributed by atoms with Gasteiger partial charge in [-0.2, -0.15) is 5.10 Å². The molecule has 0 spiro atoms. The zero-order chi connectivity index (χ0) is 16.1. The van der Waals surface area contributed by atoms with Gasteiger partial charge in [-0.1, -0.05) is 30.3 Å². The van der Waals surface area contributed by atoms with Crippen LogP contribution in [-0.2, 0) is 0 Å². The summed E-state index contributed by atoms with van der Waals surface area (Å²) in [5, 5.41) is 20.1. The standard InChI is InChI=1S/C17H22N4O2.ClH/c22-12-16(13-5-2-1-3-6-13)19-17(23)15-8-10-21(20-15)14-7-4-9-18-11-14;/h1-3,5-6,8,10,14,16,18,22H,4,7,9,11-12H2,(H,19,23);1H/t14?,16-;/m1./s1. The fourth-order valence-corrected chi connectivity index (χ4v) is 2.87. The van der Waals surface area contributed by atoms with Crippen molar-refractivity contribution in [3.05, 3.63) is 53.9 Å². The molecule has 2 heterocycles. The van der Waals surface area contributed by atoms with Crippen molar-refractivity contribution in [2.24, 2.45) is 0 Å². The summed E-state index contributed by atoms with van der Waals surface area (Å²) in [5.41, 5.74) is 1.25. The van der Waals surface area contributed by atoms with Gasteiger partial charge in [-0.3, -0.25) is 9.48 Å². The molecular weight excluding hydrogens is 328 g/mol. The van der Waals surface area contributed by atoms with Crippen LogP contribution in [-0.4, -0.2) is 40.5 Å². The van der Waals surface area contributed by atoms with E-state index in [0.29, 0.717) is 11.7 Å². The van der Waals surface area contributed by atoms with Crippen LogP contribution in [0, 0.1) is 0 Å². The Bertz CT molecular complexity index is 641. The highest BCUT2D eigenvalue weighted by atomic mass is 35.5. The molecule has 1 aromatic heterocycles.